The Kier molecular flexibility index (Phi) is 3.61. The zero-order valence-corrected chi connectivity index (χ0v) is 8.01. The fourth-order valence-electron chi connectivity index (χ4n) is 1.04. The first-order valence-electron chi connectivity index (χ1n) is 3.97. The van der Waals surface area contributed by atoms with Gasteiger partial charge in [-0.25, -0.2) is 9.24 Å². The minimum atomic E-state index is -0.541. The van der Waals surface area contributed by atoms with Crippen LogP contribution in [0.4, 0.5) is 10.1 Å². The van der Waals surface area contributed by atoms with Gasteiger partial charge in [0.25, 0.3) is 0 Å². The Morgan fingerprint density at radius 1 is 1.57 bits per heavy atom. The SMILES string of the molecule is [C-]#[N+]c1cc(CCC(=O)Cl)ccc1F. The maximum absolute atomic E-state index is 12.9. The molecule has 0 spiro atoms. The molecule has 0 aliphatic heterocycles. The predicted octanol–water partition coefficient (Wildman–Crippen LogP) is 3.07. The number of carbonyl (C=O) groups excluding carboxylic acids is 1. The summed E-state index contributed by atoms with van der Waals surface area (Å²) in [6.07, 6.45) is 0.635. The number of hydrogen-bond donors (Lipinski definition) is 0. The van der Waals surface area contributed by atoms with Crippen LogP contribution in [0.3, 0.4) is 0 Å². The summed E-state index contributed by atoms with van der Waals surface area (Å²) in [7, 11) is 0. The summed E-state index contributed by atoms with van der Waals surface area (Å²) in [6.45, 7) is 6.69. The van der Waals surface area contributed by atoms with E-state index >= 15 is 0 Å². The van der Waals surface area contributed by atoms with E-state index in [0.717, 1.165) is 5.56 Å². The number of aryl methyl sites for hydroxylation is 1. The molecule has 0 radical (unpaired) electrons. The van der Waals surface area contributed by atoms with Crippen molar-refractivity contribution >= 4 is 22.5 Å². The molecule has 0 heterocycles. The molecule has 14 heavy (non-hydrogen) atoms. The first kappa shape index (κ1) is 10.7. The van der Waals surface area contributed by atoms with Crippen molar-refractivity contribution in [2.75, 3.05) is 0 Å². The molecule has 0 aliphatic carbocycles. The van der Waals surface area contributed by atoms with Crippen molar-refractivity contribution < 1.29 is 9.18 Å². The van der Waals surface area contributed by atoms with E-state index in [4.69, 9.17) is 18.2 Å². The molecule has 72 valence electrons. The Morgan fingerprint density at radius 2 is 2.29 bits per heavy atom. The van der Waals surface area contributed by atoms with Crippen LogP contribution < -0.4 is 0 Å². The lowest BCUT2D eigenvalue weighted by atomic mass is 10.1. The van der Waals surface area contributed by atoms with E-state index < -0.39 is 11.1 Å². The molecule has 0 amide bonds. The number of benzene rings is 1. The standard InChI is InChI=1S/C10H7ClFNO/c1-13-9-6-7(2-4-8(9)12)3-5-10(11)14/h2,4,6H,3,5H2. The van der Waals surface area contributed by atoms with Crippen LogP contribution in [0.2, 0.25) is 0 Å². The van der Waals surface area contributed by atoms with Crippen LogP contribution in [0.5, 0.6) is 0 Å². The van der Waals surface area contributed by atoms with Crippen molar-refractivity contribution in [3.05, 3.63) is 41.0 Å². The van der Waals surface area contributed by atoms with Crippen LogP contribution in [0.25, 0.3) is 4.85 Å². The molecule has 0 atom stereocenters. The summed E-state index contributed by atoms with van der Waals surface area (Å²) >= 11 is 5.16. The fourth-order valence-corrected chi connectivity index (χ4v) is 1.14. The smallest absolute Gasteiger partial charge is 0.222 e. The fraction of sp³-hybridized carbons (Fsp3) is 0.200. The van der Waals surface area contributed by atoms with Crippen molar-refractivity contribution in [3.8, 4) is 0 Å². The third-order valence-corrected chi connectivity index (χ3v) is 1.93. The van der Waals surface area contributed by atoms with E-state index in [9.17, 15) is 9.18 Å². The third kappa shape index (κ3) is 2.82. The molecule has 0 fully saturated rings. The number of carbonyl (C=O) groups is 1. The Labute approximate surface area is 86.1 Å². The molecule has 0 aromatic heterocycles. The van der Waals surface area contributed by atoms with Gasteiger partial charge in [0.15, 0.2) is 0 Å². The molecular weight excluding hydrogens is 205 g/mol. The Bertz CT molecular complexity index is 398. The van der Waals surface area contributed by atoms with Gasteiger partial charge in [0.1, 0.15) is 5.82 Å². The van der Waals surface area contributed by atoms with E-state index in [1.165, 1.54) is 12.1 Å². The molecule has 0 N–H and O–H groups in total. The van der Waals surface area contributed by atoms with Gasteiger partial charge in [-0.2, -0.15) is 0 Å². The lowest BCUT2D eigenvalue weighted by Crippen LogP contribution is -1.91. The zero-order chi connectivity index (χ0) is 10.6. The summed E-state index contributed by atoms with van der Waals surface area (Å²) < 4.78 is 12.9. The molecule has 0 unspecified atom stereocenters. The van der Waals surface area contributed by atoms with Gasteiger partial charge in [0, 0.05) is 6.42 Å². The van der Waals surface area contributed by atoms with Gasteiger partial charge in [-0.1, -0.05) is 17.7 Å². The molecule has 1 rings (SSSR count). The molecular formula is C10H7ClFNO. The molecule has 1 aromatic rings. The van der Waals surface area contributed by atoms with Crippen molar-refractivity contribution in [1.82, 2.24) is 0 Å². The summed E-state index contributed by atoms with van der Waals surface area (Å²) in [5.74, 6) is -0.541. The average molecular weight is 212 g/mol. The molecule has 0 aliphatic rings. The van der Waals surface area contributed by atoms with Crippen LogP contribution in [0.1, 0.15) is 12.0 Å². The topological polar surface area (TPSA) is 21.4 Å². The predicted molar refractivity (Wildman–Crippen MR) is 51.8 cm³/mol. The van der Waals surface area contributed by atoms with Crippen LogP contribution in [-0.4, -0.2) is 5.24 Å². The van der Waals surface area contributed by atoms with Gasteiger partial charge in [-0.15, -0.1) is 0 Å². The van der Waals surface area contributed by atoms with E-state index in [-0.39, 0.29) is 12.1 Å². The van der Waals surface area contributed by atoms with Gasteiger partial charge in [-0.05, 0) is 24.1 Å². The van der Waals surface area contributed by atoms with Gasteiger partial charge in [0.2, 0.25) is 10.9 Å². The number of halogens is 2. The zero-order valence-electron chi connectivity index (χ0n) is 7.26. The second-order valence-corrected chi connectivity index (χ2v) is 3.17. The van der Waals surface area contributed by atoms with Gasteiger partial charge >= 0.3 is 0 Å². The molecule has 4 heteroatoms. The third-order valence-electron chi connectivity index (χ3n) is 1.74. The van der Waals surface area contributed by atoms with E-state index in [2.05, 4.69) is 4.85 Å². The maximum atomic E-state index is 12.9. The summed E-state index contributed by atoms with van der Waals surface area (Å²) in [5.41, 5.74) is 0.718. The van der Waals surface area contributed by atoms with Gasteiger partial charge < -0.3 is 0 Å². The van der Waals surface area contributed by atoms with Crippen molar-refractivity contribution in [2.24, 2.45) is 0 Å². The number of rotatable bonds is 3. The van der Waals surface area contributed by atoms with E-state index in [1.807, 2.05) is 0 Å². The monoisotopic (exact) mass is 211 g/mol. The first-order valence-corrected chi connectivity index (χ1v) is 4.35. The second kappa shape index (κ2) is 4.73. The van der Waals surface area contributed by atoms with E-state index in [0.29, 0.717) is 6.42 Å². The molecule has 0 saturated carbocycles. The molecule has 0 bridgehead atoms. The van der Waals surface area contributed by atoms with Crippen molar-refractivity contribution in [1.29, 1.82) is 0 Å². The minimum absolute atomic E-state index is 0.0236. The van der Waals surface area contributed by atoms with Crippen LogP contribution in [-0.2, 0) is 11.2 Å². The Hall–Kier alpha value is -1.40. The van der Waals surface area contributed by atoms with Crippen molar-refractivity contribution in [2.45, 2.75) is 12.8 Å². The summed E-state index contributed by atoms with van der Waals surface area (Å²) in [5, 5.41) is -0.432. The Balaban J connectivity index is 2.80. The molecule has 0 saturated heterocycles. The maximum Gasteiger partial charge on any atom is 0.222 e. The van der Waals surface area contributed by atoms with Crippen LogP contribution in [0.15, 0.2) is 18.2 Å². The second-order valence-electron chi connectivity index (χ2n) is 2.75. The number of hydrogen-bond acceptors (Lipinski definition) is 1. The lowest BCUT2D eigenvalue weighted by Gasteiger charge is -1.99. The van der Waals surface area contributed by atoms with Crippen LogP contribution in [0, 0.1) is 12.4 Å². The molecule has 1 aromatic carbocycles. The summed E-state index contributed by atoms with van der Waals surface area (Å²) in [4.78, 5) is 13.5. The lowest BCUT2D eigenvalue weighted by molar-refractivity contribution is -0.111. The highest BCUT2D eigenvalue weighted by Gasteiger charge is 2.04. The van der Waals surface area contributed by atoms with Gasteiger partial charge in [-0.3, -0.25) is 4.79 Å². The average Bonchev–Trinajstić information content (AvgIpc) is 2.16. The minimum Gasteiger partial charge on any atom is -0.281 e. The molecule has 2 nitrogen and oxygen atoms in total. The highest BCUT2D eigenvalue weighted by Crippen LogP contribution is 2.20. The van der Waals surface area contributed by atoms with Crippen molar-refractivity contribution in [3.63, 3.8) is 0 Å². The number of nitrogens with zero attached hydrogens (tertiary/aromatic N) is 1. The normalized spacial score (nSPS) is 9.50. The Morgan fingerprint density at radius 3 is 2.86 bits per heavy atom. The quantitative estimate of drug-likeness (QED) is 0.556. The van der Waals surface area contributed by atoms with Crippen LogP contribution >= 0.6 is 11.6 Å². The highest BCUT2D eigenvalue weighted by atomic mass is 35.5. The van der Waals surface area contributed by atoms with E-state index in [1.54, 1.807) is 6.07 Å². The van der Waals surface area contributed by atoms with Gasteiger partial charge in [0.05, 0.1) is 6.57 Å². The largest absolute Gasteiger partial charge is 0.281 e. The first-order chi connectivity index (χ1) is 6.63. The summed E-state index contributed by atoms with van der Waals surface area (Å²) in [6, 6.07) is 4.20. The highest BCUT2D eigenvalue weighted by molar-refractivity contribution is 6.63.